The summed E-state index contributed by atoms with van der Waals surface area (Å²) in [6.07, 6.45) is -2.07. The number of hydrogen-bond acceptors (Lipinski definition) is 9. The number of aromatic nitrogens is 4. The fraction of sp³-hybridized carbons (Fsp3) is 0.538. The van der Waals surface area contributed by atoms with Crippen LogP contribution in [-0.4, -0.2) is 97.1 Å². The molecule has 4 N–H and O–H groups in total. The maximum atomic E-state index is 13.7. The van der Waals surface area contributed by atoms with Gasteiger partial charge in [-0.25, -0.2) is 22.6 Å². The van der Waals surface area contributed by atoms with Crippen LogP contribution in [0.4, 0.5) is 18.0 Å². The van der Waals surface area contributed by atoms with Gasteiger partial charge in [-0.1, -0.05) is 10.4 Å². The summed E-state index contributed by atoms with van der Waals surface area (Å²) in [6.45, 7) is 3.00. The highest BCUT2D eigenvalue weighted by Gasteiger charge is 2.46. The number of hydrogen-bond donors (Lipinski definition) is 4. The number of likely N-dealkylation sites (tertiary alicyclic amines) is 1. The molecule has 2 aliphatic rings. The smallest absolute Gasteiger partial charge is 0.317 e. The van der Waals surface area contributed by atoms with E-state index in [-0.39, 0.29) is 29.6 Å². The van der Waals surface area contributed by atoms with Gasteiger partial charge in [-0.05, 0) is 31.9 Å². The Morgan fingerprint density at radius 3 is 2.44 bits per heavy atom. The third-order valence-corrected chi connectivity index (χ3v) is 7.59. The number of nitrogens with zero attached hydrogens (tertiary/aromatic N) is 5. The zero-order valence-electron chi connectivity index (χ0n) is 22.2. The summed E-state index contributed by atoms with van der Waals surface area (Å²) in [7, 11) is 0. The first-order valence-electron chi connectivity index (χ1n) is 13.4. The lowest BCUT2D eigenvalue weighted by atomic mass is 9.90. The van der Waals surface area contributed by atoms with E-state index in [1.165, 1.54) is 6.20 Å². The minimum atomic E-state index is -1.62. The Kier molecular flexibility index (Phi) is 8.58. The maximum absolute atomic E-state index is 13.7. The van der Waals surface area contributed by atoms with Gasteiger partial charge in [0, 0.05) is 43.6 Å². The molecule has 2 saturated heterocycles. The Morgan fingerprint density at radius 1 is 1.10 bits per heavy atom. The summed E-state index contributed by atoms with van der Waals surface area (Å²) in [6, 6.07) is 2.04. The maximum Gasteiger partial charge on any atom is 0.317 e. The normalized spacial score (nSPS) is 25.4. The summed E-state index contributed by atoms with van der Waals surface area (Å²) in [4.78, 5) is 13.8. The molecule has 0 saturated carbocycles. The number of carbonyl (C=O) groups is 1. The van der Waals surface area contributed by atoms with Crippen molar-refractivity contribution >= 4 is 6.03 Å². The van der Waals surface area contributed by atoms with E-state index in [1.807, 2.05) is 6.92 Å². The average molecular weight is 581 g/mol. The zero-order chi connectivity index (χ0) is 29.3. The molecule has 5 atom stereocenters. The van der Waals surface area contributed by atoms with Crippen molar-refractivity contribution in [3.8, 4) is 11.3 Å². The molecule has 5 rings (SSSR count). The van der Waals surface area contributed by atoms with Gasteiger partial charge in [0.05, 0.1) is 24.6 Å². The van der Waals surface area contributed by atoms with Crippen molar-refractivity contribution in [1.82, 2.24) is 30.4 Å². The largest absolute Gasteiger partial charge is 0.394 e. The van der Waals surface area contributed by atoms with Gasteiger partial charge < -0.3 is 34.8 Å². The molecule has 4 heterocycles. The van der Waals surface area contributed by atoms with Gasteiger partial charge in [0.15, 0.2) is 17.5 Å². The van der Waals surface area contributed by atoms with Crippen LogP contribution in [0, 0.1) is 17.5 Å². The minimum Gasteiger partial charge on any atom is -0.394 e. The monoisotopic (exact) mass is 580 g/mol. The van der Waals surface area contributed by atoms with Gasteiger partial charge in [0.1, 0.15) is 35.8 Å². The number of nitrogens with one attached hydrogen (secondary N) is 1. The highest BCUT2D eigenvalue weighted by Crippen LogP contribution is 2.34. The summed E-state index contributed by atoms with van der Waals surface area (Å²) in [5.41, 5.74) is 0.370. The minimum absolute atomic E-state index is 0.0230. The summed E-state index contributed by atoms with van der Waals surface area (Å²) in [5, 5.41) is 46.5. The molecule has 41 heavy (non-hydrogen) atoms. The summed E-state index contributed by atoms with van der Waals surface area (Å²) in [5.74, 6) is -3.71. The lowest BCUT2D eigenvalue weighted by Crippen LogP contribution is -2.56. The summed E-state index contributed by atoms with van der Waals surface area (Å²) < 4.78 is 53.3. The van der Waals surface area contributed by atoms with Crippen LogP contribution < -0.4 is 5.32 Å². The third-order valence-electron chi connectivity index (χ3n) is 7.59. The number of halogens is 3. The van der Waals surface area contributed by atoms with Crippen molar-refractivity contribution in [2.24, 2.45) is 0 Å². The SMILES string of the molecule is CCNC(=O)N1CCC(c2cc(C[C@H]3O[C@H](CO)[C@H](O)[C@H](n4cc(-c5cc(F)c(F)c(F)c5)nn4)[C@H]3O)no2)CC1. The zero-order valence-corrected chi connectivity index (χ0v) is 22.2. The first-order valence-corrected chi connectivity index (χ1v) is 13.4. The Labute approximate surface area is 232 Å². The Morgan fingerprint density at radius 2 is 1.78 bits per heavy atom. The van der Waals surface area contributed by atoms with E-state index in [0.717, 1.165) is 16.8 Å². The molecule has 2 amide bonds. The van der Waals surface area contributed by atoms with Gasteiger partial charge in [0.25, 0.3) is 0 Å². The van der Waals surface area contributed by atoms with E-state index in [1.54, 1.807) is 11.0 Å². The summed E-state index contributed by atoms with van der Waals surface area (Å²) >= 11 is 0. The molecule has 222 valence electrons. The van der Waals surface area contributed by atoms with Gasteiger partial charge in [-0.15, -0.1) is 5.10 Å². The molecular formula is C26H31F3N6O6. The number of carbonyl (C=O) groups excluding carboxylic acids is 1. The fourth-order valence-corrected chi connectivity index (χ4v) is 5.37. The average Bonchev–Trinajstić information content (AvgIpc) is 3.64. The van der Waals surface area contributed by atoms with Crippen LogP contribution in [0.25, 0.3) is 11.3 Å². The molecule has 0 unspecified atom stereocenters. The van der Waals surface area contributed by atoms with Crippen LogP contribution in [0.1, 0.15) is 43.2 Å². The molecule has 1 aromatic carbocycles. The lowest BCUT2D eigenvalue weighted by molar-refractivity contribution is -0.205. The molecule has 0 aliphatic carbocycles. The van der Waals surface area contributed by atoms with Crippen molar-refractivity contribution in [1.29, 1.82) is 0 Å². The Balaban J connectivity index is 1.29. The quantitative estimate of drug-likeness (QED) is 0.304. The van der Waals surface area contributed by atoms with Crippen LogP contribution >= 0.6 is 0 Å². The van der Waals surface area contributed by atoms with Crippen molar-refractivity contribution in [3.05, 3.63) is 53.3 Å². The van der Waals surface area contributed by atoms with Crippen molar-refractivity contribution in [3.63, 3.8) is 0 Å². The number of ether oxygens (including phenoxy) is 1. The van der Waals surface area contributed by atoms with E-state index < -0.39 is 54.5 Å². The number of benzene rings is 1. The molecule has 2 fully saturated rings. The van der Waals surface area contributed by atoms with Crippen molar-refractivity contribution < 1.29 is 42.5 Å². The number of rotatable bonds is 7. The molecule has 3 aromatic rings. The number of amides is 2. The Hall–Kier alpha value is -3.53. The first-order chi connectivity index (χ1) is 19.7. The second-order valence-electron chi connectivity index (χ2n) is 10.2. The number of aliphatic hydroxyl groups is 3. The predicted octanol–water partition coefficient (Wildman–Crippen LogP) is 1.52. The van der Waals surface area contributed by atoms with Gasteiger partial charge in [-0.2, -0.15) is 0 Å². The number of urea groups is 1. The van der Waals surface area contributed by atoms with E-state index in [0.29, 0.717) is 43.9 Å². The van der Waals surface area contributed by atoms with Crippen LogP contribution in [0.5, 0.6) is 0 Å². The van der Waals surface area contributed by atoms with E-state index in [9.17, 15) is 33.3 Å². The standard InChI is InChI=1S/C26H31F3N6O6/c1-2-30-26(39)34-5-3-13(4-6-34)19-9-15(32-41-19)10-20-24(37)23(25(38)21(12-36)40-20)35-11-18(31-33-35)14-7-16(27)22(29)17(28)8-14/h7-9,11,13,20-21,23-25,36-38H,2-6,10,12H2,1H3,(H,30,39)/t20-,21-,23-,24+,25+/m1/s1. The predicted molar refractivity (Wildman–Crippen MR) is 135 cm³/mol. The molecule has 0 bridgehead atoms. The lowest BCUT2D eigenvalue weighted by Gasteiger charge is -2.42. The van der Waals surface area contributed by atoms with E-state index in [2.05, 4.69) is 20.8 Å². The first kappa shape index (κ1) is 29.0. The third kappa shape index (κ3) is 5.93. The van der Waals surface area contributed by atoms with Gasteiger partial charge >= 0.3 is 6.03 Å². The molecule has 2 aliphatic heterocycles. The van der Waals surface area contributed by atoms with Gasteiger partial charge in [0.2, 0.25) is 0 Å². The number of piperidine rings is 1. The topological polar surface area (TPSA) is 159 Å². The second kappa shape index (κ2) is 12.1. The van der Waals surface area contributed by atoms with Gasteiger partial charge in [-0.3, -0.25) is 0 Å². The van der Waals surface area contributed by atoms with Crippen molar-refractivity contribution in [2.45, 2.75) is 62.6 Å². The molecule has 0 radical (unpaired) electrons. The molecule has 12 nitrogen and oxygen atoms in total. The van der Waals surface area contributed by atoms with Crippen molar-refractivity contribution in [2.75, 3.05) is 26.2 Å². The molecule has 2 aromatic heterocycles. The fourth-order valence-electron chi connectivity index (χ4n) is 5.37. The highest BCUT2D eigenvalue weighted by molar-refractivity contribution is 5.74. The van der Waals surface area contributed by atoms with Crippen LogP contribution in [-0.2, 0) is 11.2 Å². The highest BCUT2D eigenvalue weighted by atomic mass is 19.2. The molecule has 15 heteroatoms. The van der Waals surface area contributed by atoms with Crippen LogP contribution in [0.15, 0.2) is 28.9 Å². The second-order valence-corrected chi connectivity index (χ2v) is 10.2. The van der Waals surface area contributed by atoms with E-state index >= 15 is 0 Å². The molecule has 0 spiro atoms. The Bertz CT molecular complexity index is 1340. The van der Waals surface area contributed by atoms with Crippen LogP contribution in [0.2, 0.25) is 0 Å². The number of aliphatic hydroxyl groups excluding tert-OH is 3. The molecular weight excluding hydrogens is 549 g/mol. The van der Waals surface area contributed by atoms with Crippen LogP contribution in [0.3, 0.4) is 0 Å². The van der Waals surface area contributed by atoms with E-state index in [4.69, 9.17) is 9.26 Å².